The summed E-state index contributed by atoms with van der Waals surface area (Å²) in [4.78, 5) is 25.2. The molecule has 1 heterocycles. The molecular weight excluding hydrogens is 544 g/mol. The Morgan fingerprint density at radius 1 is 0.875 bits per heavy atom. The van der Waals surface area contributed by atoms with E-state index in [9.17, 15) is 27.2 Å². The maximum Gasteiger partial charge on any atom is 0.281 e. The predicted octanol–water partition coefficient (Wildman–Crippen LogP) is 7.27. The highest BCUT2D eigenvalue weighted by atomic mass is 32.2. The van der Waals surface area contributed by atoms with Gasteiger partial charge in [0.15, 0.2) is 5.78 Å². The van der Waals surface area contributed by atoms with Crippen LogP contribution in [0.4, 0.5) is 17.6 Å². The van der Waals surface area contributed by atoms with Crippen molar-refractivity contribution in [2.75, 3.05) is 0 Å². The molecule has 0 spiro atoms. The van der Waals surface area contributed by atoms with Crippen molar-refractivity contribution >= 4 is 28.5 Å². The number of nitrogens with zero attached hydrogens (tertiary/aromatic N) is 2. The van der Waals surface area contributed by atoms with Crippen LogP contribution in [0.25, 0.3) is 0 Å². The number of amides is 1. The van der Waals surface area contributed by atoms with Gasteiger partial charge in [-0.1, -0.05) is 48.2 Å². The number of Topliss-reactive ketones (excluding diaryl/α,β-unsaturated/α-hetero) is 1. The molecule has 5 rings (SSSR count). The second kappa shape index (κ2) is 11.4. The first-order chi connectivity index (χ1) is 19.2. The maximum atomic E-state index is 14.6. The minimum atomic E-state index is -1.37. The van der Waals surface area contributed by atoms with Gasteiger partial charge in [-0.25, -0.2) is 22.6 Å². The Bertz CT molecular complexity index is 1620. The number of rotatable bonds is 7. The zero-order valence-corrected chi connectivity index (χ0v) is 21.7. The molecule has 1 unspecified atom stereocenters. The van der Waals surface area contributed by atoms with Crippen molar-refractivity contribution in [1.29, 1.82) is 0 Å². The molecule has 0 bridgehead atoms. The Morgan fingerprint density at radius 2 is 1.57 bits per heavy atom. The van der Waals surface area contributed by atoms with Crippen molar-refractivity contribution in [2.24, 2.45) is 5.10 Å². The molecule has 1 aliphatic heterocycles. The van der Waals surface area contributed by atoms with Gasteiger partial charge in [-0.2, -0.15) is 5.10 Å². The predicted molar refractivity (Wildman–Crippen MR) is 143 cm³/mol. The normalized spacial score (nSPS) is 14.7. The summed E-state index contributed by atoms with van der Waals surface area (Å²) < 4.78 is 62.4. The smallest absolute Gasteiger partial charge is 0.281 e. The fourth-order valence-electron chi connectivity index (χ4n) is 4.11. The SMILES string of the molecule is CC(=O)c1cccc(COc2ccccc2C2SC(c3ccc(F)cc3)=NN2C(=O)c2c(F)cc(F)cc2F)c1. The number of carbonyl (C=O) groups is 2. The Hall–Kier alpha value is -4.44. The van der Waals surface area contributed by atoms with E-state index >= 15 is 0 Å². The third-order valence-corrected chi connectivity index (χ3v) is 7.29. The van der Waals surface area contributed by atoms with Crippen molar-refractivity contribution in [2.45, 2.75) is 18.9 Å². The second-order valence-electron chi connectivity index (χ2n) is 8.86. The van der Waals surface area contributed by atoms with Gasteiger partial charge in [0.2, 0.25) is 0 Å². The number of ether oxygens (including phenoxy) is 1. The van der Waals surface area contributed by atoms with E-state index in [2.05, 4.69) is 5.10 Å². The minimum Gasteiger partial charge on any atom is -0.489 e. The molecule has 0 saturated heterocycles. The number of hydrogen-bond acceptors (Lipinski definition) is 5. The molecule has 0 saturated carbocycles. The fraction of sp³-hybridized carbons (Fsp3) is 0.100. The largest absolute Gasteiger partial charge is 0.489 e. The van der Waals surface area contributed by atoms with Crippen LogP contribution in [-0.2, 0) is 6.61 Å². The van der Waals surface area contributed by atoms with Gasteiger partial charge in [0.05, 0.1) is 0 Å². The molecule has 4 aromatic rings. The molecule has 1 atom stereocenters. The average molecular weight is 565 g/mol. The van der Waals surface area contributed by atoms with E-state index < -0.39 is 40.1 Å². The third-order valence-electron chi connectivity index (χ3n) is 6.08. The van der Waals surface area contributed by atoms with Gasteiger partial charge in [0, 0.05) is 28.8 Å². The molecule has 0 aromatic heterocycles. The standard InChI is InChI=1S/C30H20F4N2O3S/c1-17(37)20-6-4-5-18(13-20)16-39-26-8-3-2-7-23(26)30-36(29(38)27-24(33)14-22(32)15-25(27)34)35-28(40-30)19-9-11-21(31)12-10-19/h2-15,30H,16H2,1H3. The van der Waals surface area contributed by atoms with Crippen LogP contribution in [-0.4, -0.2) is 21.7 Å². The van der Waals surface area contributed by atoms with Crippen molar-refractivity contribution in [3.63, 3.8) is 0 Å². The van der Waals surface area contributed by atoms with Crippen LogP contribution < -0.4 is 4.74 Å². The van der Waals surface area contributed by atoms with Gasteiger partial charge in [0.1, 0.15) is 51.6 Å². The highest BCUT2D eigenvalue weighted by Gasteiger charge is 2.38. The van der Waals surface area contributed by atoms with E-state index in [1.165, 1.54) is 31.2 Å². The summed E-state index contributed by atoms with van der Waals surface area (Å²) in [5.74, 6) is -5.24. The lowest BCUT2D eigenvalue weighted by atomic mass is 10.1. The molecule has 1 aliphatic rings. The highest BCUT2D eigenvalue weighted by Crippen LogP contribution is 2.45. The van der Waals surface area contributed by atoms with E-state index in [-0.39, 0.29) is 12.4 Å². The number of halogens is 4. The van der Waals surface area contributed by atoms with Gasteiger partial charge in [0.25, 0.3) is 5.91 Å². The zero-order chi connectivity index (χ0) is 28.4. The van der Waals surface area contributed by atoms with E-state index in [0.29, 0.717) is 39.6 Å². The Morgan fingerprint density at radius 3 is 2.27 bits per heavy atom. The summed E-state index contributed by atoms with van der Waals surface area (Å²) >= 11 is 1.10. The Balaban J connectivity index is 1.52. The van der Waals surface area contributed by atoms with Gasteiger partial charge in [-0.3, -0.25) is 9.59 Å². The zero-order valence-electron chi connectivity index (χ0n) is 20.9. The summed E-state index contributed by atoms with van der Waals surface area (Å²) in [6.45, 7) is 1.56. The van der Waals surface area contributed by atoms with E-state index in [0.717, 1.165) is 22.3 Å². The first kappa shape index (κ1) is 27.1. The van der Waals surface area contributed by atoms with Crippen LogP contribution in [0.3, 0.4) is 0 Å². The summed E-state index contributed by atoms with van der Waals surface area (Å²) in [5, 5.41) is 4.60. The second-order valence-corrected chi connectivity index (χ2v) is 9.93. The highest BCUT2D eigenvalue weighted by molar-refractivity contribution is 8.14. The number of hydrogen-bond donors (Lipinski definition) is 0. The summed E-state index contributed by atoms with van der Waals surface area (Å²) in [5.41, 5.74) is 1.24. The van der Waals surface area contributed by atoms with Crippen LogP contribution >= 0.6 is 11.8 Å². The number of benzene rings is 4. The van der Waals surface area contributed by atoms with Crippen LogP contribution in [0.5, 0.6) is 5.75 Å². The Labute approximate surface area is 231 Å². The van der Waals surface area contributed by atoms with Crippen LogP contribution in [0, 0.1) is 23.3 Å². The van der Waals surface area contributed by atoms with Crippen LogP contribution in [0.15, 0.2) is 90.0 Å². The maximum absolute atomic E-state index is 14.6. The molecule has 202 valence electrons. The number of ketones is 1. The fourth-order valence-corrected chi connectivity index (χ4v) is 5.30. The molecule has 40 heavy (non-hydrogen) atoms. The van der Waals surface area contributed by atoms with E-state index in [1.54, 1.807) is 48.5 Å². The summed E-state index contributed by atoms with van der Waals surface area (Å²) in [6.07, 6.45) is 0. The molecule has 5 nitrogen and oxygen atoms in total. The summed E-state index contributed by atoms with van der Waals surface area (Å²) in [6, 6.07) is 19.9. The topological polar surface area (TPSA) is 59.0 Å². The monoisotopic (exact) mass is 564 g/mol. The molecule has 0 aliphatic carbocycles. The lowest BCUT2D eigenvalue weighted by molar-refractivity contribution is 0.0737. The lowest BCUT2D eigenvalue weighted by Gasteiger charge is -2.23. The molecular formula is C30H20F4N2O3S. The first-order valence-corrected chi connectivity index (χ1v) is 12.9. The minimum absolute atomic E-state index is 0.0931. The summed E-state index contributed by atoms with van der Waals surface area (Å²) in [7, 11) is 0. The molecule has 1 amide bonds. The number of thioether (sulfide) groups is 1. The van der Waals surface area contributed by atoms with E-state index in [4.69, 9.17) is 4.74 Å². The van der Waals surface area contributed by atoms with Crippen molar-refractivity contribution in [1.82, 2.24) is 5.01 Å². The number of carbonyl (C=O) groups excluding carboxylic acids is 2. The van der Waals surface area contributed by atoms with Crippen LogP contribution in [0.2, 0.25) is 0 Å². The first-order valence-electron chi connectivity index (χ1n) is 12.0. The molecule has 0 radical (unpaired) electrons. The molecule has 0 N–H and O–H groups in total. The Kier molecular flexibility index (Phi) is 7.70. The van der Waals surface area contributed by atoms with Gasteiger partial charge < -0.3 is 4.74 Å². The molecule has 0 fully saturated rings. The lowest BCUT2D eigenvalue weighted by Crippen LogP contribution is -2.28. The third kappa shape index (κ3) is 5.62. The van der Waals surface area contributed by atoms with E-state index in [1.807, 2.05) is 0 Å². The van der Waals surface area contributed by atoms with Gasteiger partial charge in [-0.15, -0.1) is 0 Å². The van der Waals surface area contributed by atoms with Crippen molar-refractivity contribution in [3.8, 4) is 5.75 Å². The van der Waals surface area contributed by atoms with Crippen molar-refractivity contribution in [3.05, 3.63) is 136 Å². The number of para-hydroxylation sites is 1. The van der Waals surface area contributed by atoms with Crippen LogP contribution in [0.1, 0.15) is 49.7 Å². The van der Waals surface area contributed by atoms with Gasteiger partial charge >= 0.3 is 0 Å². The molecule has 4 aromatic carbocycles. The average Bonchev–Trinajstić information content (AvgIpc) is 3.37. The molecule has 10 heteroatoms. The quantitative estimate of drug-likeness (QED) is 0.175. The van der Waals surface area contributed by atoms with Crippen molar-refractivity contribution < 1.29 is 31.9 Å². The van der Waals surface area contributed by atoms with Gasteiger partial charge in [-0.05, 0) is 48.9 Å². The number of hydrazone groups is 1.